The van der Waals surface area contributed by atoms with Crippen LogP contribution in [0, 0.1) is 0 Å². The number of rotatable bonds is 6. The number of hydrogen-bond donors (Lipinski definition) is 0. The van der Waals surface area contributed by atoms with Crippen LogP contribution >= 0.6 is 11.6 Å². The first-order valence-corrected chi connectivity index (χ1v) is 7.30. The minimum atomic E-state index is -3.74. The number of alkyl halides is 3. The van der Waals surface area contributed by atoms with Crippen LogP contribution in [0.4, 0.5) is 8.78 Å². The SMILES string of the molecule is CCOC(=O)C(=Cc1cc(-c2ccco2)cc(C(F)(F)Cl)n1)N=[N+]=[N-]. The third-order valence-corrected chi connectivity index (χ3v) is 3.06. The minimum Gasteiger partial charge on any atom is -0.464 e. The van der Waals surface area contributed by atoms with Crippen molar-refractivity contribution in [2.45, 2.75) is 12.3 Å². The highest BCUT2D eigenvalue weighted by atomic mass is 35.5. The third kappa shape index (κ3) is 4.79. The molecule has 7 nitrogen and oxygen atoms in total. The van der Waals surface area contributed by atoms with Crippen LogP contribution in [0.1, 0.15) is 18.3 Å². The number of carbonyl (C=O) groups is 1. The zero-order valence-electron chi connectivity index (χ0n) is 12.8. The van der Waals surface area contributed by atoms with Crippen molar-refractivity contribution in [2.24, 2.45) is 5.11 Å². The van der Waals surface area contributed by atoms with E-state index in [1.165, 1.54) is 12.3 Å². The van der Waals surface area contributed by atoms with Gasteiger partial charge >= 0.3 is 11.4 Å². The molecule has 0 aliphatic carbocycles. The lowest BCUT2D eigenvalue weighted by molar-refractivity contribution is -0.138. The lowest BCUT2D eigenvalue weighted by atomic mass is 10.1. The monoisotopic (exact) mass is 368 g/mol. The Morgan fingerprint density at radius 2 is 2.32 bits per heavy atom. The molecule has 0 atom stereocenters. The van der Waals surface area contributed by atoms with Crippen LogP contribution in [0.15, 0.2) is 45.8 Å². The van der Waals surface area contributed by atoms with Crippen molar-refractivity contribution in [3.05, 3.63) is 58.1 Å². The maximum atomic E-state index is 13.5. The third-order valence-electron chi connectivity index (χ3n) is 2.86. The van der Waals surface area contributed by atoms with E-state index >= 15 is 0 Å². The molecule has 0 saturated carbocycles. The van der Waals surface area contributed by atoms with Gasteiger partial charge in [-0.1, -0.05) is 5.11 Å². The summed E-state index contributed by atoms with van der Waals surface area (Å²) in [5.74, 6) is -0.620. The van der Waals surface area contributed by atoms with Crippen molar-refractivity contribution < 1.29 is 22.7 Å². The van der Waals surface area contributed by atoms with E-state index in [2.05, 4.69) is 15.0 Å². The summed E-state index contributed by atoms with van der Waals surface area (Å²) in [5.41, 5.74) is 7.54. The first-order valence-electron chi connectivity index (χ1n) is 6.92. The van der Waals surface area contributed by atoms with Gasteiger partial charge in [-0.05, 0) is 54.4 Å². The summed E-state index contributed by atoms with van der Waals surface area (Å²) in [6.07, 6.45) is 2.39. The molecular weight excluding hydrogens is 358 g/mol. The van der Waals surface area contributed by atoms with Crippen LogP contribution < -0.4 is 0 Å². The Bertz CT molecular complexity index is 841. The smallest absolute Gasteiger partial charge is 0.364 e. The molecule has 2 rings (SSSR count). The average Bonchev–Trinajstić information content (AvgIpc) is 3.08. The second kappa shape index (κ2) is 7.78. The van der Waals surface area contributed by atoms with Gasteiger partial charge in [-0.25, -0.2) is 9.78 Å². The fourth-order valence-corrected chi connectivity index (χ4v) is 1.97. The van der Waals surface area contributed by atoms with Crippen LogP contribution in [-0.4, -0.2) is 17.6 Å². The first kappa shape index (κ1) is 18.4. The number of aromatic nitrogens is 1. The van der Waals surface area contributed by atoms with Gasteiger partial charge in [0, 0.05) is 10.5 Å². The van der Waals surface area contributed by atoms with Crippen molar-refractivity contribution in [1.29, 1.82) is 0 Å². The number of furan rings is 1. The van der Waals surface area contributed by atoms with Gasteiger partial charge in [-0.3, -0.25) is 0 Å². The van der Waals surface area contributed by atoms with Crippen LogP contribution in [0.5, 0.6) is 0 Å². The molecule has 0 N–H and O–H groups in total. The van der Waals surface area contributed by atoms with E-state index < -0.39 is 22.7 Å². The largest absolute Gasteiger partial charge is 0.464 e. The lowest BCUT2D eigenvalue weighted by Gasteiger charge is -2.10. The summed E-state index contributed by atoms with van der Waals surface area (Å²) in [5, 5.41) is -0.537. The van der Waals surface area contributed by atoms with Crippen LogP contribution in [-0.2, 0) is 14.9 Å². The van der Waals surface area contributed by atoms with Gasteiger partial charge in [-0.15, -0.1) is 0 Å². The predicted molar refractivity (Wildman–Crippen MR) is 85.4 cm³/mol. The van der Waals surface area contributed by atoms with E-state index in [0.29, 0.717) is 5.76 Å². The highest BCUT2D eigenvalue weighted by Gasteiger charge is 2.31. The molecule has 10 heteroatoms. The second-order valence-corrected chi connectivity index (χ2v) is 5.06. The highest BCUT2D eigenvalue weighted by Crippen LogP contribution is 2.34. The number of pyridine rings is 1. The van der Waals surface area contributed by atoms with E-state index in [4.69, 9.17) is 26.3 Å². The van der Waals surface area contributed by atoms with E-state index in [1.807, 2.05) is 0 Å². The second-order valence-electron chi connectivity index (χ2n) is 4.58. The van der Waals surface area contributed by atoms with Crippen molar-refractivity contribution in [3.8, 4) is 11.3 Å². The highest BCUT2D eigenvalue weighted by molar-refractivity contribution is 6.21. The normalized spacial score (nSPS) is 11.8. The quantitative estimate of drug-likeness (QED) is 0.182. The lowest BCUT2D eigenvalue weighted by Crippen LogP contribution is -2.09. The van der Waals surface area contributed by atoms with Gasteiger partial charge in [0.25, 0.3) is 0 Å². The summed E-state index contributed by atoms with van der Waals surface area (Å²) >= 11 is 5.05. The molecule has 0 aliphatic heterocycles. The molecule has 0 aromatic carbocycles. The van der Waals surface area contributed by atoms with Crippen molar-refractivity contribution in [1.82, 2.24) is 4.98 Å². The van der Waals surface area contributed by atoms with Gasteiger partial charge in [0.1, 0.15) is 17.2 Å². The zero-order valence-corrected chi connectivity index (χ0v) is 13.6. The molecule has 25 heavy (non-hydrogen) atoms. The number of esters is 1. The van der Waals surface area contributed by atoms with Crippen LogP contribution in [0.25, 0.3) is 27.8 Å². The Balaban J connectivity index is 2.59. The molecule has 0 spiro atoms. The molecule has 0 fully saturated rings. The maximum absolute atomic E-state index is 13.5. The molecule has 2 aromatic rings. The maximum Gasteiger partial charge on any atom is 0.364 e. The van der Waals surface area contributed by atoms with E-state index in [9.17, 15) is 13.6 Å². The van der Waals surface area contributed by atoms with Crippen molar-refractivity contribution >= 4 is 23.6 Å². The Morgan fingerprint density at radius 3 is 2.88 bits per heavy atom. The standard InChI is InChI=1S/C15H11ClF2N4O3/c1-2-24-14(23)11(21-22-19)8-10-6-9(12-4-3-5-25-12)7-13(20-10)15(16,17)18/h3-8H,2H2,1H3. The van der Waals surface area contributed by atoms with Gasteiger partial charge in [0.2, 0.25) is 0 Å². The molecule has 130 valence electrons. The molecule has 0 radical (unpaired) electrons. The molecule has 0 aliphatic rings. The number of nitrogens with zero attached hydrogens (tertiary/aromatic N) is 4. The van der Waals surface area contributed by atoms with E-state index in [-0.39, 0.29) is 17.9 Å². The molecule has 0 amide bonds. The molecule has 0 bridgehead atoms. The Morgan fingerprint density at radius 1 is 1.56 bits per heavy atom. The molecule has 2 aromatic heterocycles. The minimum absolute atomic E-state index is 0.0436. The zero-order chi connectivity index (χ0) is 18.4. The molecule has 2 heterocycles. The van der Waals surface area contributed by atoms with Crippen LogP contribution in [0.2, 0.25) is 0 Å². The summed E-state index contributed by atoms with van der Waals surface area (Å²) in [6.45, 7) is 1.61. The molecule has 0 unspecified atom stereocenters. The van der Waals surface area contributed by atoms with Gasteiger partial charge in [-0.2, -0.15) is 8.78 Å². The summed E-state index contributed by atoms with van der Waals surface area (Å²) < 4.78 is 36.9. The fourth-order valence-electron chi connectivity index (χ4n) is 1.88. The number of ether oxygens (including phenoxy) is 1. The van der Waals surface area contributed by atoms with Crippen LogP contribution in [0.3, 0.4) is 0 Å². The van der Waals surface area contributed by atoms with E-state index in [0.717, 1.165) is 12.1 Å². The summed E-state index contributed by atoms with van der Waals surface area (Å²) in [4.78, 5) is 18.0. The van der Waals surface area contributed by atoms with Crippen molar-refractivity contribution in [3.63, 3.8) is 0 Å². The number of azide groups is 1. The first-order chi connectivity index (χ1) is 11.8. The number of carbonyl (C=O) groups excluding carboxylic acids is 1. The predicted octanol–water partition coefficient (Wildman–Crippen LogP) is 4.84. The van der Waals surface area contributed by atoms with Gasteiger partial charge in [0.15, 0.2) is 0 Å². The van der Waals surface area contributed by atoms with Gasteiger partial charge < -0.3 is 9.15 Å². The molecule has 0 saturated heterocycles. The Kier molecular flexibility index (Phi) is 5.74. The Hall–Kier alpha value is -2.90. The summed E-state index contributed by atoms with van der Waals surface area (Å²) in [6, 6.07) is 5.56. The van der Waals surface area contributed by atoms with E-state index in [1.54, 1.807) is 19.1 Å². The van der Waals surface area contributed by atoms with Crippen molar-refractivity contribution in [2.75, 3.05) is 6.61 Å². The average molecular weight is 369 g/mol. The number of halogens is 3. The topological polar surface area (TPSA) is 101 Å². The number of hydrogen-bond acceptors (Lipinski definition) is 5. The summed E-state index contributed by atoms with van der Waals surface area (Å²) in [7, 11) is 0. The van der Waals surface area contributed by atoms with Gasteiger partial charge in [0.05, 0.1) is 18.6 Å². The Labute approximate surface area is 145 Å². The molecular formula is C15H11ClF2N4O3. The fraction of sp³-hybridized carbons (Fsp3) is 0.200.